The molecule has 0 saturated heterocycles. The molecule has 2 rings (SSSR count). The average Bonchev–Trinajstić information content (AvgIpc) is 2.38. The van der Waals surface area contributed by atoms with E-state index in [4.69, 9.17) is 4.74 Å². The van der Waals surface area contributed by atoms with Crippen LogP contribution >= 0.6 is 0 Å². The first-order chi connectivity index (χ1) is 9.58. The Bertz CT molecular complexity index is 600. The maximum atomic E-state index is 12.2. The number of hydrogen-bond donors (Lipinski definition) is 1. The van der Waals surface area contributed by atoms with Crippen LogP contribution in [0.3, 0.4) is 0 Å². The first kappa shape index (κ1) is 14.1. The van der Waals surface area contributed by atoms with Gasteiger partial charge in [0.1, 0.15) is 5.75 Å². The molecule has 0 aromatic heterocycles. The third kappa shape index (κ3) is 3.60. The second kappa shape index (κ2) is 6.24. The van der Waals surface area contributed by atoms with Crippen molar-refractivity contribution in [1.82, 2.24) is 0 Å². The zero-order chi connectivity index (χ0) is 14.5. The number of carbonyl (C=O) groups excluding carboxylic acids is 1. The summed E-state index contributed by atoms with van der Waals surface area (Å²) in [5, 5.41) is 2.89. The summed E-state index contributed by atoms with van der Waals surface area (Å²) in [6.07, 6.45) is 0. The van der Waals surface area contributed by atoms with Crippen molar-refractivity contribution in [3.05, 3.63) is 59.2 Å². The molecule has 0 aliphatic rings. The summed E-state index contributed by atoms with van der Waals surface area (Å²) in [6.45, 7) is 6.51. The normalized spacial score (nSPS) is 10.2. The zero-order valence-corrected chi connectivity index (χ0v) is 12.1. The van der Waals surface area contributed by atoms with Crippen LogP contribution in [0.4, 0.5) is 5.69 Å². The molecule has 0 atom stereocenters. The van der Waals surface area contributed by atoms with E-state index in [1.165, 1.54) is 0 Å². The first-order valence-electron chi connectivity index (χ1n) is 6.71. The van der Waals surface area contributed by atoms with Crippen LogP contribution in [-0.2, 0) is 0 Å². The van der Waals surface area contributed by atoms with Gasteiger partial charge in [-0.25, -0.2) is 0 Å². The standard InChI is InChI=1S/C17H19NO2/c1-4-20-16-7-5-6-15(11-16)18-17(19)14-9-12(2)8-13(3)10-14/h5-11H,4H2,1-3H3,(H,18,19). The Balaban J connectivity index is 2.16. The lowest BCUT2D eigenvalue weighted by Gasteiger charge is -2.09. The number of rotatable bonds is 4. The van der Waals surface area contributed by atoms with Crippen LogP contribution in [0.25, 0.3) is 0 Å². The summed E-state index contributed by atoms with van der Waals surface area (Å²) >= 11 is 0. The Labute approximate surface area is 119 Å². The molecule has 0 fully saturated rings. The van der Waals surface area contributed by atoms with Crippen LogP contribution in [0.5, 0.6) is 5.75 Å². The third-order valence-electron chi connectivity index (χ3n) is 2.89. The molecule has 3 heteroatoms. The van der Waals surface area contributed by atoms with Gasteiger partial charge in [0.15, 0.2) is 0 Å². The quantitative estimate of drug-likeness (QED) is 0.912. The monoisotopic (exact) mass is 269 g/mol. The minimum Gasteiger partial charge on any atom is -0.494 e. The van der Waals surface area contributed by atoms with Crippen molar-refractivity contribution in [1.29, 1.82) is 0 Å². The van der Waals surface area contributed by atoms with E-state index in [2.05, 4.69) is 5.32 Å². The van der Waals surface area contributed by atoms with Gasteiger partial charge in [-0.3, -0.25) is 4.79 Å². The van der Waals surface area contributed by atoms with Crippen LogP contribution in [0.2, 0.25) is 0 Å². The van der Waals surface area contributed by atoms with E-state index >= 15 is 0 Å². The SMILES string of the molecule is CCOc1cccc(NC(=O)c2cc(C)cc(C)c2)c1. The van der Waals surface area contributed by atoms with Crippen LogP contribution in [0.15, 0.2) is 42.5 Å². The number of benzene rings is 2. The van der Waals surface area contributed by atoms with Crippen LogP contribution in [0.1, 0.15) is 28.4 Å². The summed E-state index contributed by atoms with van der Waals surface area (Å²) in [4.78, 5) is 12.2. The van der Waals surface area contributed by atoms with Crippen molar-refractivity contribution in [3.63, 3.8) is 0 Å². The average molecular weight is 269 g/mol. The second-order valence-corrected chi connectivity index (χ2v) is 4.79. The maximum Gasteiger partial charge on any atom is 0.255 e. The minimum absolute atomic E-state index is 0.106. The lowest BCUT2D eigenvalue weighted by Crippen LogP contribution is -2.12. The summed E-state index contributed by atoms with van der Waals surface area (Å²) in [5.41, 5.74) is 3.57. The molecule has 0 aliphatic carbocycles. The molecule has 1 N–H and O–H groups in total. The predicted octanol–water partition coefficient (Wildman–Crippen LogP) is 3.95. The molecule has 0 unspecified atom stereocenters. The number of hydrogen-bond acceptors (Lipinski definition) is 2. The van der Waals surface area contributed by atoms with Crippen molar-refractivity contribution in [2.45, 2.75) is 20.8 Å². The lowest BCUT2D eigenvalue weighted by atomic mass is 10.1. The number of carbonyl (C=O) groups is 1. The molecule has 0 saturated carbocycles. The number of ether oxygens (including phenoxy) is 1. The highest BCUT2D eigenvalue weighted by molar-refractivity contribution is 6.04. The largest absolute Gasteiger partial charge is 0.494 e. The number of amides is 1. The summed E-state index contributed by atoms with van der Waals surface area (Å²) < 4.78 is 5.42. The molecule has 0 aliphatic heterocycles. The summed E-state index contributed by atoms with van der Waals surface area (Å²) in [5.74, 6) is 0.649. The van der Waals surface area contributed by atoms with Gasteiger partial charge in [-0.2, -0.15) is 0 Å². The minimum atomic E-state index is -0.106. The molecule has 20 heavy (non-hydrogen) atoms. The van der Waals surface area contributed by atoms with E-state index in [1.807, 2.05) is 63.2 Å². The first-order valence-corrected chi connectivity index (χ1v) is 6.71. The predicted molar refractivity (Wildman–Crippen MR) is 81.5 cm³/mol. The molecule has 1 amide bonds. The van der Waals surface area contributed by atoms with Crippen molar-refractivity contribution in [2.75, 3.05) is 11.9 Å². The maximum absolute atomic E-state index is 12.2. The fourth-order valence-corrected chi connectivity index (χ4v) is 2.14. The highest BCUT2D eigenvalue weighted by atomic mass is 16.5. The van der Waals surface area contributed by atoms with Gasteiger partial charge in [0.2, 0.25) is 0 Å². The number of nitrogens with one attached hydrogen (secondary N) is 1. The number of aryl methyl sites for hydroxylation is 2. The van der Waals surface area contributed by atoms with Gasteiger partial charge in [-0.1, -0.05) is 23.3 Å². The topological polar surface area (TPSA) is 38.3 Å². The summed E-state index contributed by atoms with van der Waals surface area (Å²) in [7, 11) is 0. The Morgan fingerprint density at radius 1 is 1.10 bits per heavy atom. The molecule has 0 bridgehead atoms. The van der Waals surface area contributed by atoms with Crippen molar-refractivity contribution in [3.8, 4) is 5.75 Å². The lowest BCUT2D eigenvalue weighted by molar-refractivity contribution is 0.102. The molecule has 2 aromatic carbocycles. The highest BCUT2D eigenvalue weighted by Crippen LogP contribution is 2.18. The van der Waals surface area contributed by atoms with Gasteiger partial charge < -0.3 is 10.1 Å². The zero-order valence-electron chi connectivity index (χ0n) is 12.1. The van der Waals surface area contributed by atoms with E-state index in [0.29, 0.717) is 12.2 Å². The Morgan fingerprint density at radius 3 is 2.45 bits per heavy atom. The molecule has 0 radical (unpaired) electrons. The highest BCUT2D eigenvalue weighted by Gasteiger charge is 2.07. The fourth-order valence-electron chi connectivity index (χ4n) is 2.14. The molecule has 0 spiro atoms. The smallest absolute Gasteiger partial charge is 0.255 e. The molecular formula is C17H19NO2. The fraction of sp³-hybridized carbons (Fsp3) is 0.235. The van der Waals surface area contributed by atoms with Gasteiger partial charge in [0.05, 0.1) is 6.61 Å². The van der Waals surface area contributed by atoms with Crippen molar-refractivity contribution in [2.24, 2.45) is 0 Å². The van der Waals surface area contributed by atoms with Crippen molar-refractivity contribution >= 4 is 11.6 Å². The van der Waals surface area contributed by atoms with Crippen LogP contribution in [-0.4, -0.2) is 12.5 Å². The molecule has 3 nitrogen and oxygen atoms in total. The summed E-state index contributed by atoms with van der Waals surface area (Å²) in [6, 6.07) is 13.2. The van der Waals surface area contributed by atoms with Gasteiger partial charge in [0.25, 0.3) is 5.91 Å². The Kier molecular flexibility index (Phi) is 4.41. The van der Waals surface area contributed by atoms with Gasteiger partial charge in [-0.15, -0.1) is 0 Å². The Hall–Kier alpha value is -2.29. The van der Waals surface area contributed by atoms with E-state index in [9.17, 15) is 4.79 Å². The molecule has 2 aromatic rings. The second-order valence-electron chi connectivity index (χ2n) is 4.79. The van der Waals surface area contributed by atoms with Crippen LogP contribution in [0, 0.1) is 13.8 Å². The van der Waals surface area contributed by atoms with Gasteiger partial charge in [0, 0.05) is 17.3 Å². The van der Waals surface area contributed by atoms with E-state index in [1.54, 1.807) is 0 Å². The number of anilines is 1. The van der Waals surface area contributed by atoms with Crippen molar-refractivity contribution < 1.29 is 9.53 Å². The van der Waals surface area contributed by atoms with Crippen LogP contribution < -0.4 is 10.1 Å². The third-order valence-corrected chi connectivity index (χ3v) is 2.89. The molecular weight excluding hydrogens is 250 g/mol. The Morgan fingerprint density at radius 2 is 1.80 bits per heavy atom. The van der Waals surface area contributed by atoms with E-state index in [0.717, 1.165) is 22.6 Å². The van der Waals surface area contributed by atoms with E-state index < -0.39 is 0 Å². The van der Waals surface area contributed by atoms with Gasteiger partial charge in [-0.05, 0) is 45.0 Å². The molecule has 104 valence electrons. The van der Waals surface area contributed by atoms with E-state index in [-0.39, 0.29) is 5.91 Å². The van der Waals surface area contributed by atoms with Gasteiger partial charge >= 0.3 is 0 Å². The molecule has 0 heterocycles.